The van der Waals surface area contributed by atoms with E-state index in [1.54, 1.807) is 0 Å². The number of aromatic amines is 2. The minimum atomic E-state index is 0. The van der Waals surface area contributed by atoms with Crippen LogP contribution in [0.5, 0.6) is 0 Å². The summed E-state index contributed by atoms with van der Waals surface area (Å²) in [7, 11) is 0.628. The zero-order chi connectivity index (χ0) is 40.5. The van der Waals surface area contributed by atoms with Crippen molar-refractivity contribution in [2.75, 3.05) is 18.0 Å². The van der Waals surface area contributed by atoms with E-state index in [2.05, 4.69) is 218 Å². The van der Waals surface area contributed by atoms with Crippen LogP contribution in [-0.4, -0.2) is 33.0 Å². The average molecular weight is 1360 g/mol. The van der Waals surface area contributed by atoms with E-state index in [-0.39, 0.29) is 19.5 Å². The number of aromatic nitrogens is 4. The van der Waals surface area contributed by atoms with Crippen LogP contribution >= 0.6 is 77.2 Å². The van der Waals surface area contributed by atoms with Crippen molar-refractivity contribution in [2.45, 2.75) is 73.9 Å². The number of rotatable bonds is 3. The molecular formula is C45H54I5N6V-. The molecule has 0 saturated heterocycles. The molecular weight excluding hydrogens is 1310 g/mol. The summed E-state index contributed by atoms with van der Waals surface area (Å²) in [4.78, 5) is 18.7. The third-order valence-electron chi connectivity index (χ3n) is 9.45. The van der Waals surface area contributed by atoms with Gasteiger partial charge < -0.3 is 20.2 Å². The standard InChI is InChI=1S/C22H20N4.C18H18N2.2C2H6.CH4.I3.2HI.V/c1-15-8-9-19-18(14-15)17-10-13-26(22-23-11-5-12-24-22)21(20(17)25-19)16-6-3-2-4-7-16;1-12-7-8-16-15(11-12)14-9-10-19-17(18(14)20-16)13-5-3-2-4-6-13;2*1-2;;1-3-2;;;/h2-9,11-12,14,21,25H,10,13H2,1H3;2-8,11,17,19-20H,9-10H2,1H3;2*1-2H3;1H4;;2*1H;/q;;;;;-1;;;+2/p-2. The summed E-state index contributed by atoms with van der Waals surface area (Å²) >= 11 is 10.0. The van der Waals surface area contributed by atoms with Gasteiger partial charge in [-0.15, -0.1) is 0 Å². The molecule has 12 heteroatoms. The zero-order valence-corrected chi connectivity index (χ0v) is 44.8. The number of H-pyrrole nitrogens is 2. The Morgan fingerprint density at radius 3 is 1.67 bits per heavy atom. The normalized spacial score (nSPS) is 14.8. The van der Waals surface area contributed by atoms with Gasteiger partial charge >= 0.3 is 99.9 Å². The predicted octanol–water partition coefficient (Wildman–Crippen LogP) is 11.4. The van der Waals surface area contributed by atoms with Gasteiger partial charge in [0.05, 0.1) is 12.1 Å². The fourth-order valence-electron chi connectivity index (χ4n) is 7.31. The number of nitrogens with zero attached hydrogens (tertiary/aromatic N) is 3. The first-order chi connectivity index (χ1) is 27.5. The number of aryl methyl sites for hydroxylation is 2. The van der Waals surface area contributed by atoms with E-state index in [9.17, 15) is 0 Å². The Kier molecular flexibility index (Phi) is 23.9. The van der Waals surface area contributed by atoms with E-state index >= 15 is 0 Å². The van der Waals surface area contributed by atoms with Gasteiger partial charge in [0.1, 0.15) is 0 Å². The van der Waals surface area contributed by atoms with Crippen LogP contribution < -0.4 is 23.5 Å². The third kappa shape index (κ3) is 13.3. The third-order valence-corrected chi connectivity index (χ3v) is 9.45. The molecule has 0 radical (unpaired) electrons. The second-order valence-electron chi connectivity index (χ2n) is 12.6. The molecule has 57 heavy (non-hydrogen) atoms. The van der Waals surface area contributed by atoms with Gasteiger partial charge in [0.15, 0.2) is 0 Å². The molecule has 9 rings (SSSR count). The van der Waals surface area contributed by atoms with Crippen molar-refractivity contribution in [2.24, 2.45) is 0 Å². The molecule has 0 aliphatic carbocycles. The van der Waals surface area contributed by atoms with E-state index < -0.39 is 0 Å². The van der Waals surface area contributed by atoms with Gasteiger partial charge in [0.2, 0.25) is 5.95 Å². The molecule has 305 valence electrons. The van der Waals surface area contributed by atoms with Gasteiger partial charge in [-0.2, -0.15) is 0 Å². The molecule has 2 aliphatic rings. The summed E-state index contributed by atoms with van der Waals surface area (Å²) in [5, 5.41) is 6.37. The average Bonchev–Trinajstić information content (AvgIpc) is 3.81. The van der Waals surface area contributed by atoms with E-state index in [4.69, 9.17) is 0 Å². The first-order valence-electron chi connectivity index (χ1n) is 18.9. The number of fused-ring (bicyclic) bond motifs is 6. The molecule has 0 spiro atoms. The molecule has 2 aliphatic heterocycles. The molecule has 3 N–H and O–H groups in total. The molecule has 0 bridgehead atoms. The maximum atomic E-state index is 4.52. The van der Waals surface area contributed by atoms with Gasteiger partial charge in [-0.3, -0.25) is 0 Å². The molecule has 2 atom stereocenters. The Morgan fingerprint density at radius 1 is 0.667 bits per heavy atom. The Hall–Kier alpha value is -0.966. The molecule has 0 amide bonds. The predicted molar refractivity (Wildman–Crippen MR) is 273 cm³/mol. The Labute approximate surface area is 399 Å². The fourth-order valence-corrected chi connectivity index (χ4v) is 7.31. The molecule has 2 unspecified atom stereocenters. The summed E-state index contributed by atoms with van der Waals surface area (Å²) in [5.74, 6) is 0.779. The molecule has 4 aromatic carbocycles. The monoisotopic (exact) mass is 1360 g/mol. The van der Waals surface area contributed by atoms with E-state index in [1.165, 1.54) is 66.6 Å². The summed E-state index contributed by atoms with van der Waals surface area (Å²) in [6, 6.07) is 36.9. The summed E-state index contributed by atoms with van der Waals surface area (Å²) in [6.07, 6.45) is 5.71. The van der Waals surface area contributed by atoms with E-state index in [0.29, 0.717) is 22.7 Å². The number of halogens is 5. The van der Waals surface area contributed by atoms with Crippen molar-refractivity contribution in [1.82, 2.24) is 25.3 Å². The van der Waals surface area contributed by atoms with E-state index in [1.807, 2.05) is 46.2 Å². The van der Waals surface area contributed by atoms with E-state index in [0.717, 1.165) is 31.9 Å². The summed E-state index contributed by atoms with van der Waals surface area (Å²) < 4.78 is 0. The van der Waals surface area contributed by atoms with Crippen LogP contribution in [0.2, 0.25) is 0 Å². The van der Waals surface area contributed by atoms with Crippen molar-refractivity contribution < 1.29 is 22.7 Å². The number of hydrogen-bond donors (Lipinski definition) is 3. The molecule has 7 aromatic rings. The van der Waals surface area contributed by atoms with Gasteiger partial charge in [0, 0.05) is 58.7 Å². The van der Waals surface area contributed by atoms with Crippen LogP contribution in [0.15, 0.2) is 116 Å². The second-order valence-corrected chi connectivity index (χ2v) is 40.6. The van der Waals surface area contributed by atoms with Crippen LogP contribution in [0.3, 0.4) is 0 Å². The zero-order valence-electron chi connectivity index (χ0n) is 32.6. The van der Waals surface area contributed by atoms with Gasteiger partial charge in [-0.05, 0) is 79.3 Å². The second kappa shape index (κ2) is 27.1. The Morgan fingerprint density at radius 2 is 1.14 bits per heavy atom. The first kappa shape index (κ1) is 50.4. The maximum absolute atomic E-state index is 4.52. The van der Waals surface area contributed by atoms with Crippen molar-refractivity contribution in [3.8, 4) is 0 Å². The van der Waals surface area contributed by atoms with Crippen molar-refractivity contribution in [3.63, 3.8) is 0 Å². The quantitative estimate of drug-likeness (QED) is 0.154. The summed E-state index contributed by atoms with van der Waals surface area (Å²) in [6.45, 7) is 14.2. The van der Waals surface area contributed by atoms with Crippen LogP contribution in [0.4, 0.5) is 5.95 Å². The van der Waals surface area contributed by atoms with Crippen LogP contribution in [-0.2, 0) is 22.3 Å². The molecule has 0 saturated carbocycles. The Balaban J connectivity index is 0.000000251. The van der Waals surface area contributed by atoms with Gasteiger partial charge in [0.25, 0.3) is 0 Å². The fraction of sp³-hybridized carbons (Fsp3) is 0.289. The van der Waals surface area contributed by atoms with Gasteiger partial charge in [-0.25, -0.2) is 9.97 Å². The van der Waals surface area contributed by atoms with Crippen molar-refractivity contribution in [3.05, 3.63) is 160 Å². The summed E-state index contributed by atoms with van der Waals surface area (Å²) in [5.41, 5.74) is 13.2. The number of anilines is 1. The topological polar surface area (TPSA) is 72.6 Å². The van der Waals surface area contributed by atoms with Crippen LogP contribution in [0.1, 0.15) is 92.0 Å². The number of benzene rings is 4. The van der Waals surface area contributed by atoms with Crippen LogP contribution in [0.25, 0.3) is 21.8 Å². The SMILES string of the molecule is C.CC.CC.Cc1ccc2[nH]c3c(c2c1)CCN(c1ncccn1)C3c1ccccc1.Cc1ccc2[nH]c3c(c2c1)CCNC3c1ccccc1.I[I-]I.[I][V][I]. The number of hydrogen-bond acceptors (Lipinski definition) is 4. The Bertz CT molecular complexity index is 2180. The molecule has 3 aromatic heterocycles. The molecule has 6 nitrogen and oxygen atoms in total. The molecule has 5 heterocycles. The van der Waals surface area contributed by atoms with Crippen LogP contribution in [0, 0.1) is 13.8 Å². The molecule has 0 fully saturated rings. The van der Waals surface area contributed by atoms with Crippen molar-refractivity contribution >= 4 is 105 Å². The first-order valence-corrected chi connectivity index (χ1v) is 40.4. The number of nitrogens with one attached hydrogen (secondary N) is 3. The van der Waals surface area contributed by atoms with Crippen molar-refractivity contribution in [1.29, 1.82) is 0 Å². The minimum absolute atomic E-state index is 0. The van der Waals surface area contributed by atoms with Gasteiger partial charge in [-0.1, -0.05) is 119 Å².